The summed E-state index contributed by atoms with van der Waals surface area (Å²) in [5.41, 5.74) is 0.696. The SMILES string of the molecule is COc1cccc(N2CCN(C3=Nc4c(F)cccc4[C]N3c3cc(C(F)(F)F)ccc3OC)CC2)c1. The molecule has 10 heteroatoms. The summed E-state index contributed by atoms with van der Waals surface area (Å²) >= 11 is 0. The Morgan fingerprint density at radius 2 is 1.59 bits per heavy atom. The van der Waals surface area contributed by atoms with Crippen molar-refractivity contribution in [3.8, 4) is 11.5 Å². The van der Waals surface area contributed by atoms with Crippen LogP contribution in [0.4, 0.5) is 34.6 Å². The lowest BCUT2D eigenvalue weighted by Gasteiger charge is -2.42. The number of anilines is 2. The molecule has 3 aromatic rings. The fraction of sp³-hybridized carbons (Fsp3) is 0.259. The van der Waals surface area contributed by atoms with Gasteiger partial charge in [0.05, 0.1) is 25.5 Å². The van der Waals surface area contributed by atoms with Crippen LogP contribution in [0.3, 0.4) is 0 Å². The molecule has 2 heterocycles. The van der Waals surface area contributed by atoms with Gasteiger partial charge >= 0.3 is 6.18 Å². The Balaban J connectivity index is 1.50. The Morgan fingerprint density at radius 1 is 0.865 bits per heavy atom. The largest absolute Gasteiger partial charge is 0.497 e. The number of alkyl halides is 3. The second-order valence-corrected chi connectivity index (χ2v) is 8.55. The third kappa shape index (κ3) is 4.87. The number of benzene rings is 3. The first-order chi connectivity index (χ1) is 17.8. The summed E-state index contributed by atoms with van der Waals surface area (Å²) in [6.45, 7) is 5.28. The van der Waals surface area contributed by atoms with Gasteiger partial charge in [0, 0.05) is 43.5 Å². The molecule has 0 saturated carbocycles. The second kappa shape index (κ2) is 9.84. The number of rotatable bonds is 4. The van der Waals surface area contributed by atoms with Crippen LogP contribution in [0.1, 0.15) is 11.1 Å². The summed E-state index contributed by atoms with van der Waals surface area (Å²) in [5, 5.41) is 0. The number of ether oxygens (including phenoxy) is 2. The summed E-state index contributed by atoms with van der Waals surface area (Å²) in [6.07, 6.45) is -4.56. The zero-order valence-electron chi connectivity index (χ0n) is 20.2. The van der Waals surface area contributed by atoms with Gasteiger partial charge in [-0.2, -0.15) is 13.2 Å². The van der Waals surface area contributed by atoms with Gasteiger partial charge in [-0.15, -0.1) is 0 Å². The minimum Gasteiger partial charge on any atom is -0.497 e. The highest BCUT2D eigenvalue weighted by Gasteiger charge is 2.35. The normalized spacial score (nSPS) is 15.8. The Labute approximate surface area is 212 Å². The lowest BCUT2D eigenvalue weighted by molar-refractivity contribution is -0.137. The molecule has 6 nitrogen and oxygen atoms in total. The maximum absolute atomic E-state index is 14.7. The van der Waals surface area contributed by atoms with Gasteiger partial charge in [0.2, 0.25) is 5.96 Å². The van der Waals surface area contributed by atoms with Crippen molar-refractivity contribution < 1.29 is 27.0 Å². The van der Waals surface area contributed by atoms with Gasteiger partial charge in [0.25, 0.3) is 0 Å². The third-order valence-electron chi connectivity index (χ3n) is 6.36. The third-order valence-corrected chi connectivity index (χ3v) is 6.36. The average molecular weight is 513 g/mol. The number of hydrogen-bond donors (Lipinski definition) is 0. The van der Waals surface area contributed by atoms with E-state index < -0.39 is 17.6 Å². The molecule has 2 aliphatic heterocycles. The van der Waals surface area contributed by atoms with Crippen LogP contribution in [0.15, 0.2) is 65.7 Å². The molecular weight excluding hydrogens is 488 g/mol. The minimum atomic E-state index is -4.56. The molecule has 1 saturated heterocycles. The van der Waals surface area contributed by atoms with Crippen LogP contribution >= 0.6 is 0 Å². The highest BCUT2D eigenvalue weighted by atomic mass is 19.4. The Bertz CT molecular complexity index is 1320. The predicted octanol–water partition coefficient (Wildman–Crippen LogP) is 5.58. The maximum atomic E-state index is 14.7. The summed E-state index contributed by atoms with van der Waals surface area (Å²) in [5.74, 6) is 0.701. The number of fused-ring (bicyclic) bond motifs is 1. The molecule has 0 atom stereocenters. The first-order valence-electron chi connectivity index (χ1n) is 11.6. The maximum Gasteiger partial charge on any atom is 0.416 e. The van der Waals surface area contributed by atoms with Crippen LogP contribution in [-0.2, 0) is 6.18 Å². The Hall–Kier alpha value is -3.95. The Kier molecular flexibility index (Phi) is 6.57. The van der Waals surface area contributed by atoms with Crippen LogP contribution in [0.2, 0.25) is 0 Å². The van der Waals surface area contributed by atoms with Crippen molar-refractivity contribution in [3.63, 3.8) is 0 Å². The van der Waals surface area contributed by atoms with Gasteiger partial charge in [-0.3, -0.25) is 4.90 Å². The van der Waals surface area contributed by atoms with E-state index in [1.807, 2.05) is 29.2 Å². The highest BCUT2D eigenvalue weighted by molar-refractivity contribution is 6.03. The van der Waals surface area contributed by atoms with Gasteiger partial charge in [0.15, 0.2) is 0 Å². The van der Waals surface area contributed by atoms with Crippen molar-refractivity contribution in [1.29, 1.82) is 0 Å². The molecule has 37 heavy (non-hydrogen) atoms. The van der Waals surface area contributed by atoms with E-state index in [0.29, 0.717) is 31.7 Å². The average Bonchev–Trinajstić information content (AvgIpc) is 2.92. The Morgan fingerprint density at radius 3 is 2.30 bits per heavy atom. The molecular formula is C27H24F4N4O2. The lowest BCUT2D eigenvalue weighted by Crippen LogP contribution is -2.54. The summed E-state index contributed by atoms with van der Waals surface area (Å²) in [4.78, 5) is 10.1. The molecule has 0 bridgehead atoms. The van der Waals surface area contributed by atoms with E-state index in [2.05, 4.69) is 16.4 Å². The molecule has 2 aliphatic rings. The molecule has 3 aromatic carbocycles. The quantitative estimate of drug-likeness (QED) is 0.427. The fourth-order valence-corrected chi connectivity index (χ4v) is 4.43. The molecule has 0 unspecified atom stereocenters. The topological polar surface area (TPSA) is 40.5 Å². The van der Waals surface area contributed by atoms with Gasteiger partial charge < -0.3 is 19.3 Å². The van der Waals surface area contributed by atoms with E-state index >= 15 is 0 Å². The van der Waals surface area contributed by atoms with E-state index in [4.69, 9.17) is 9.47 Å². The second-order valence-electron chi connectivity index (χ2n) is 8.55. The summed E-state index contributed by atoms with van der Waals surface area (Å²) in [6, 6.07) is 15.4. The minimum absolute atomic E-state index is 0.0925. The molecule has 0 aromatic heterocycles. The first kappa shape index (κ1) is 24.7. The number of para-hydroxylation sites is 1. The van der Waals surface area contributed by atoms with Crippen LogP contribution in [0.5, 0.6) is 11.5 Å². The van der Waals surface area contributed by atoms with E-state index in [0.717, 1.165) is 23.6 Å². The zero-order valence-corrected chi connectivity index (χ0v) is 20.2. The number of hydrogen-bond acceptors (Lipinski definition) is 6. The molecule has 2 radical (unpaired) electrons. The predicted molar refractivity (Wildman–Crippen MR) is 133 cm³/mol. The smallest absolute Gasteiger partial charge is 0.416 e. The highest BCUT2D eigenvalue weighted by Crippen LogP contribution is 2.41. The molecule has 0 amide bonds. The van der Waals surface area contributed by atoms with Crippen molar-refractivity contribution >= 4 is 23.0 Å². The standard InChI is InChI=1S/C27H24F4N4O2/c1-36-21-7-4-6-20(16-21)33-11-13-34(14-12-33)26-32-25-18(5-3-8-22(25)28)17-35(26)23-15-19(27(29,30)31)9-10-24(23)37-2/h3-10,15-16H,11-14H2,1-2H3. The molecule has 0 spiro atoms. The molecule has 5 rings (SSSR count). The van der Waals surface area contributed by atoms with Crippen molar-refractivity contribution in [3.05, 3.63) is 84.2 Å². The fourth-order valence-electron chi connectivity index (χ4n) is 4.43. The van der Waals surface area contributed by atoms with Gasteiger partial charge in [0.1, 0.15) is 29.5 Å². The van der Waals surface area contributed by atoms with Crippen molar-refractivity contribution in [2.45, 2.75) is 6.18 Å². The molecule has 1 fully saturated rings. The van der Waals surface area contributed by atoms with Crippen LogP contribution in [0, 0.1) is 12.4 Å². The molecule has 0 aliphatic carbocycles. The van der Waals surface area contributed by atoms with E-state index in [-0.39, 0.29) is 23.1 Å². The number of piperazine rings is 1. The summed E-state index contributed by atoms with van der Waals surface area (Å²) < 4.78 is 66.2. The number of nitrogens with zero attached hydrogens (tertiary/aromatic N) is 4. The number of guanidine groups is 1. The van der Waals surface area contributed by atoms with E-state index in [9.17, 15) is 17.6 Å². The molecule has 192 valence electrons. The monoisotopic (exact) mass is 512 g/mol. The summed E-state index contributed by atoms with van der Waals surface area (Å²) in [7, 11) is 2.99. The lowest BCUT2D eigenvalue weighted by atomic mass is 10.1. The van der Waals surface area contributed by atoms with Gasteiger partial charge in [-0.1, -0.05) is 18.2 Å². The van der Waals surface area contributed by atoms with E-state index in [1.165, 1.54) is 30.2 Å². The van der Waals surface area contributed by atoms with Crippen molar-refractivity contribution in [1.82, 2.24) is 4.90 Å². The molecule has 0 N–H and O–H groups in total. The van der Waals surface area contributed by atoms with Crippen LogP contribution < -0.4 is 19.3 Å². The number of aliphatic imine (C=N–C) groups is 1. The number of halogens is 4. The van der Waals surface area contributed by atoms with Gasteiger partial charge in [-0.25, -0.2) is 9.38 Å². The first-order valence-corrected chi connectivity index (χ1v) is 11.6. The zero-order chi connectivity index (χ0) is 26.2. The van der Waals surface area contributed by atoms with Crippen molar-refractivity contribution in [2.75, 3.05) is 50.2 Å². The number of methoxy groups -OCH3 is 2. The van der Waals surface area contributed by atoms with Gasteiger partial charge in [-0.05, 0) is 36.4 Å². The van der Waals surface area contributed by atoms with Crippen LogP contribution in [-0.4, -0.2) is 51.3 Å². The van der Waals surface area contributed by atoms with Crippen LogP contribution in [0.25, 0.3) is 0 Å². The van der Waals surface area contributed by atoms with Crippen molar-refractivity contribution in [2.24, 2.45) is 4.99 Å². The van der Waals surface area contributed by atoms with E-state index in [1.54, 1.807) is 13.2 Å².